The molecular weight excluding hydrogens is 252 g/mol. The van der Waals surface area contributed by atoms with E-state index < -0.39 is 0 Å². The summed E-state index contributed by atoms with van der Waals surface area (Å²) in [6.45, 7) is 4.61. The first-order valence-corrected chi connectivity index (χ1v) is 6.98. The van der Waals surface area contributed by atoms with E-state index in [4.69, 9.17) is 0 Å². The summed E-state index contributed by atoms with van der Waals surface area (Å²) in [4.78, 5) is 18.2. The van der Waals surface area contributed by atoms with Crippen LogP contribution in [0, 0.1) is 12.8 Å². The number of amides is 1. The highest BCUT2D eigenvalue weighted by molar-refractivity contribution is 5.96. The van der Waals surface area contributed by atoms with Gasteiger partial charge in [0.05, 0.1) is 29.5 Å². The molecule has 2 aromatic heterocycles. The molecule has 0 bridgehead atoms. The van der Waals surface area contributed by atoms with Gasteiger partial charge in [0, 0.05) is 18.7 Å². The molecule has 2 aromatic rings. The number of anilines is 1. The zero-order valence-corrected chi connectivity index (χ0v) is 11.8. The van der Waals surface area contributed by atoms with Gasteiger partial charge < -0.3 is 4.90 Å². The lowest BCUT2D eigenvalue weighted by atomic mass is 10.3. The van der Waals surface area contributed by atoms with Crippen LogP contribution in [-0.2, 0) is 4.79 Å². The van der Waals surface area contributed by atoms with Crippen LogP contribution in [0.4, 0.5) is 5.69 Å². The minimum atomic E-state index is 0.219. The Kier molecular flexibility index (Phi) is 3.26. The molecule has 2 heterocycles. The topological polar surface area (TPSA) is 51.0 Å². The fourth-order valence-electron chi connectivity index (χ4n) is 2.33. The Hall–Kier alpha value is -2.17. The summed E-state index contributed by atoms with van der Waals surface area (Å²) in [7, 11) is 0. The molecule has 5 heteroatoms. The van der Waals surface area contributed by atoms with Crippen LogP contribution >= 0.6 is 0 Å². The summed E-state index contributed by atoms with van der Waals surface area (Å²) in [5.74, 6) is 0.442. The number of nitrogens with zero attached hydrogens (tertiary/aromatic N) is 4. The zero-order valence-electron chi connectivity index (χ0n) is 11.8. The standard InChI is InChI=1S/C15H18N4O/c1-3-18(15(20)12-6-7-12)14-10-19(17-11(14)2)13-5-4-8-16-9-13/h4-5,8-10,12H,3,6-7H2,1-2H3. The van der Waals surface area contributed by atoms with Crippen molar-refractivity contribution in [2.75, 3.05) is 11.4 Å². The predicted octanol–water partition coefficient (Wildman–Crippen LogP) is 2.34. The molecule has 1 amide bonds. The molecule has 104 valence electrons. The second-order valence-electron chi connectivity index (χ2n) is 5.11. The van der Waals surface area contributed by atoms with Crippen LogP contribution < -0.4 is 4.90 Å². The average Bonchev–Trinajstić information content (AvgIpc) is 3.25. The summed E-state index contributed by atoms with van der Waals surface area (Å²) in [6, 6.07) is 3.82. The third-order valence-electron chi connectivity index (χ3n) is 3.58. The van der Waals surface area contributed by atoms with Crippen molar-refractivity contribution in [3.63, 3.8) is 0 Å². The highest BCUT2D eigenvalue weighted by Gasteiger charge is 2.34. The molecule has 1 aliphatic carbocycles. The van der Waals surface area contributed by atoms with Crippen molar-refractivity contribution in [3.8, 4) is 5.69 Å². The maximum atomic E-state index is 12.3. The lowest BCUT2D eigenvalue weighted by molar-refractivity contribution is -0.119. The molecule has 3 rings (SSSR count). The van der Waals surface area contributed by atoms with E-state index in [2.05, 4.69) is 10.1 Å². The van der Waals surface area contributed by atoms with E-state index in [0.717, 1.165) is 29.9 Å². The average molecular weight is 270 g/mol. The first kappa shape index (κ1) is 12.8. The zero-order chi connectivity index (χ0) is 14.1. The van der Waals surface area contributed by atoms with E-state index in [1.54, 1.807) is 17.1 Å². The van der Waals surface area contributed by atoms with Gasteiger partial charge in [-0.2, -0.15) is 5.10 Å². The quantitative estimate of drug-likeness (QED) is 0.856. The molecule has 5 nitrogen and oxygen atoms in total. The van der Waals surface area contributed by atoms with Crippen LogP contribution in [0.25, 0.3) is 5.69 Å². The van der Waals surface area contributed by atoms with Crippen LogP contribution in [0.15, 0.2) is 30.7 Å². The lowest BCUT2D eigenvalue weighted by Gasteiger charge is -2.19. The Morgan fingerprint density at radius 2 is 2.30 bits per heavy atom. The largest absolute Gasteiger partial charge is 0.309 e. The predicted molar refractivity (Wildman–Crippen MR) is 76.8 cm³/mol. The normalized spacial score (nSPS) is 14.3. The van der Waals surface area contributed by atoms with Gasteiger partial charge in [-0.3, -0.25) is 9.78 Å². The summed E-state index contributed by atoms with van der Waals surface area (Å²) in [5.41, 5.74) is 2.66. The van der Waals surface area contributed by atoms with Gasteiger partial charge in [0.2, 0.25) is 5.91 Å². The minimum Gasteiger partial charge on any atom is -0.309 e. The number of hydrogen-bond acceptors (Lipinski definition) is 3. The van der Waals surface area contributed by atoms with E-state index in [9.17, 15) is 4.79 Å². The molecule has 20 heavy (non-hydrogen) atoms. The van der Waals surface area contributed by atoms with Crippen LogP contribution in [0.3, 0.4) is 0 Å². The molecule has 0 aliphatic heterocycles. The summed E-state index contributed by atoms with van der Waals surface area (Å²) >= 11 is 0. The first-order chi connectivity index (χ1) is 9.70. The molecule has 1 fully saturated rings. The number of aryl methyl sites for hydroxylation is 1. The van der Waals surface area contributed by atoms with Crippen LogP contribution in [0.5, 0.6) is 0 Å². The van der Waals surface area contributed by atoms with Gasteiger partial charge in [-0.25, -0.2) is 4.68 Å². The van der Waals surface area contributed by atoms with Crippen LogP contribution in [-0.4, -0.2) is 27.2 Å². The smallest absolute Gasteiger partial charge is 0.230 e. The van der Waals surface area contributed by atoms with E-state index in [0.29, 0.717) is 6.54 Å². The van der Waals surface area contributed by atoms with Gasteiger partial charge >= 0.3 is 0 Å². The van der Waals surface area contributed by atoms with Crippen molar-refractivity contribution < 1.29 is 4.79 Å². The number of aromatic nitrogens is 3. The van der Waals surface area contributed by atoms with Crippen molar-refractivity contribution in [1.82, 2.24) is 14.8 Å². The molecule has 0 radical (unpaired) electrons. The second-order valence-corrected chi connectivity index (χ2v) is 5.11. The van der Waals surface area contributed by atoms with Gasteiger partial charge in [-0.05, 0) is 38.8 Å². The van der Waals surface area contributed by atoms with Gasteiger partial charge in [-0.1, -0.05) is 0 Å². The van der Waals surface area contributed by atoms with E-state index in [1.807, 2.05) is 37.1 Å². The SMILES string of the molecule is CCN(C(=O)C1CC1)c1cn(-c2cccnc2)nc1C. The summed E-state index contributed by atoms with van der Waals surface area (Å²) < 4.78 is 1.78. The van der Waals surface area contributed by atoms with Crippen LogP contribution in [0.1, 0.15) is 25.5 Å². The number of carbonyl (C=O) groups is 1. The molecule has 1 saturated carbocycles. The maximum absolute atomic E-state index is 12.3. The van der Waals surface area contributed by atoms with E-state index in [1.165, 1.54) is 0 Å². The third-order valence-corrected chi connectivity index (χ3v) is 3.58. The van der Waals surface area contributed by atoms with Crippen molar-refractivity contribution in [1.29, 1.82) is 0 Å². The lowest BCUT2D eigenvalue weighted by Crippen LogP contribution is -2.32. The number of pyridine rings is 1. The van der Waals surface area contributed by atoms with Crippen molar-refractivity contribution in [3.05, 3.63) is 36.4 Å². The van der Waals surface area contributed by atoms with E-state index in [-0.39, 0.29) is 11.8 Å². The highest BCUT2D eigenvalue weighted by atomic mass is 16.2. The first-order valence-electron chi connectivity index (χ1n) is 6.98. The molecule has 0 unspecified atom stereocenters. The molecule has 0 spiro atoms. The van der Waals surface area contributed by atoms with Gasteiger partial charge in [-0.15, -0.1) is 0 Å². The fourth-order valence-corrected chi connectivity index (χ4v) is 2.33. The Morgan fingerprint density at radius 3 is 2.90 bits per heavy atom. The fraction of sp³-hybridized carbons (Fsp3) is 0.400. The molecule has 1 aliphatic rings. The minimum absolute atomic E-state index is 0.219. The number of carbonyl (C=O) groups excluding carboxylic acids is 1. The third kappa shape index (κ3) is 2.31. The van der Waals surface area contributed by atoms with Crippen molar-refractivity contribution >= 4 is 11.6 Å². The Balaban J connectivity index is 1.93. The Bertz CT molecular complexity index is 616. The van der Waals surface area contributed by atoms with E-state index >= 15 is 0 Å². The highest BCUT2D eigenvalue weighted by Crippen LogP contribution is 2.33. The monoisotopic (exact) mass is 270 g/mol. The van der Waals surface area contributed by atoms with Crippen molar-refractivity contribution in [2.45, 2.75) is 26.7 Å². The number of hydrogen-bond donors (Lipinski definition) is 0. The summed E-state index contributed by atoms with van der Waals surface area (Å²) in [5, 5.41) is 4.49. The van der Waals surface area contributed by atoms with Crippen LogP contribution in [0.2, 0.25) is 0 Å². The molecule has 0 aromatic carbocycles. The maximum Gasteiger partial charge on any atom is 0.230 e. The molecule has 0 N–H and O–H groups in total. The van der Waals surface area contributed by atoms with Crippen molar-refractivity contribution in [2.24, 2.45) is 5.92 Å². The Morgan fingerprint density at radius 1 is 1.50 bits per heavy atom. The Labute approximate surface area is 118 Å². The number of rotatable bonds is 4. The molecular formula is C15H18N4O. The second kappa shape index (κ2) is 5.07. The van der Waals surface area contributed by atoms with Gasteiger partial charge in [0.15, 0.2) is 0 Å². The van der Waals surface area contributed by atoms with Gasteiger partial charge in [0.1, 0.15) is 0 Å². The molecule has 0 atom stereocenters. The molecule has 0 saturated heterocycles. The van der Waals surface area contributed by atoms with Gasteiger partial charge in [0.25, 0.3) is 0 Å². The summed E-state index contributed by atoms with van der Waals surface area (Å²) in [6.07, 6.45) is 7.44.